The topological polar surface area (TPSA) is 56.8 Å². The molecule has 6 nitrogen and oxygen atoms in total. The van der Waals surface area contributed by atoms with Crippen molar-refractivity contribution in [3.63, 3.8) is 0 Å². The van der Waals surface area contributed by atoms with E-state index in [2.05, 4.69) is 16.9 Å². The Morgan fingerprint density at radius 1 is 1.23 bits per heavy atom. The van der Waals surface area contributed by atoms with E-state index in [4.69, 9.17) is 0 Å². The second-order valence-electron chi connectivity index (χ2n) is 6.04. The van der Waals surface area contributed by atoms with Crippen molar-refractivity contribution < 1.29 is 9.59 Å². The highest BCUT2D eigenvalue weighted by molar-refractivity contribution is 7.09. The van der Waals surface area contributed by atoms with Gasteiger partial charge in [-0.15, -0.1) is 11.3 Å². The van der Waals surface area contributed by atoms with Gasteiger partial charge in [0.05, 0.1) is 5.01 Å². The first-order valence-electron chi connectivity index (χ1n) is 7.76. The van der Waals surface area contributed by atoms with Gasteiger partial charge in [0.15, 0.2) is 0 Å². The number of likely N-dealkylation sites (tertiary alicyclic amines) is 1. The fourth-order valence-corrected chi connectivity index (χ4v) is 3.70. The number of thiazole rings is 1. The summed E-state index contributed by atoms with van der Waals surface area (Å²) in [6.45, 7) is 5.85. The molecule has 0 N–H and O–H groups in total. The van der Waals surface area contributed by atoms with Crippen LogP contribution in [0, 0.1) is 6.92 Å². The molecule has 1 atom stereocenters. The first-order chi connectivity index (χ1) is 10.6. The Bertz CT molecular complexity index is 566. The Morgan fingerprint density at radius 2 is 1.95 bits per heavy atom. The van der Waals surface area contributed by atoms with Crippen LogP contribution in [0.15, 0.2) is 5.38 Å². The summed E-state index contributed by atoms with van der Waals surface area (Å²) >= 11 is 1.47. The number of carbonyl (C=O) groups is 2. The number of nitrogens with zero attached hydrogens (tertiary/aromatic N) is 4. The largest absolute Gasteiger partial charge is 0.338 e. The average Bonchev–Trinajstić information content (AvgIpc) is 3.15. The minimum absolute atomic E-state index is 0.102. The monoisotopic (exact) mass is 322 g/mol. The lowest BCUT2D eigenvalue weighted by Crippen LogP contribution is -2.53. The van der Waals surface area contributed by atoms with Crippen LogP contribution in [0.25, 0.3) is 0 Å². The second kappa shape index (κ2) is 6.34. The Kier molecular flexibility index (Phi) is 4.44. The number of carbonyl (C=O) groups excluding carboxylic acids is 2. The van der Waals surface area contributed by atoms with Crippen molar-refractivity contribution in [1.29, 1.82) is 0 Å². The molecule has 7 heteroatoms. The van der Waals surface area contributed by atoms with Crippen molar-refractivity contribution in [2.75, 3.05) is 39.8 Å². The van der Waals surface area contributed by atoms with Gasteiger partial charge in [0.25, 0.3) is 5.91 Å². The SMILES string of the molecule is Cc1nc(C(=O)N2CCCC2C(=O)N2CCN(C)CC2)cs1. The van der Waals surface area contributed by atoms with E-state index in [1.54, 1.807) is 10.3 Å². The predicted octanol–water partition coefficient (Wildman–Crippen LogP) is 0.830. The number of likely N-dealkylation sites (N-methyl/N-ethyl adjacent to an activating group) is 1. The lowest BCUT2D eigenvalue weighted by atomic mass is 10.1. The van der Waals surface area contributed by atoms with Gasteiger partial charge in [-0.3, -0.25) is 9.59 Å². The Labute approximate surface area is 134 Å². The molecule has 3 rings (SSSR count). The van der Waals surface area contributed by atoms with E-state index in [9.17, 15) is 9.59 Å². The number of aryl methyl sites for hydroxylation is 1. The van der Waals surface area contributed by atoms with Crippen LogP contribution in [-0.2, 0) is 4.79 Å². The number of amides is 2. The molecule has 0 bridgehead atoms. The van der Waals surface area contributed by atoms with Gasteiger partial charge in [-0.1, -0.05) is 0 Å². The van der Waals surface area contributed by atoms with Crippen LogP contribution >= 0.6 is 11.3 Å². The van der Waals surface area contributed by atoms with Crippen LogP contribution in [0.2, 0.25) is 0 Å². The normalized spacial score (nSPS) is 23.1. The van der Waals surface area contributed by atoms with Crippen LogP contribution in [0.1, 0.15) is 28.3 Å². The van der Waals surface area contributed by atoms with Crippen LogP contribution in [-0.4, -0.2) is 77.3 Å². The van der Waals surface area contributed by atoms with Crippen molar-refractivity contribution in [3.05, 3.63) is 16.1 Å². The van der Waals surface area contributed by atoms with Crippen molar-refractivity contribution in [3.8, 4) is 0 Å². The molecule has 2 saturated heterocycles. The van der Waals surface area contributed by atoms with E-state index < -0.39 is 0 Å². The summed E-state index contributed by atoms with van der Waals surface area (Å²) in [4.78, 5) is 35.5. The third-order valence-electron chi connectivity index (χ3n) is 4.45. The summed E-state index contributed by atoms with van der Waals surface area (Å²) < 4.78 is 0. The summed E-state index contributed by atoms with van der Waals surface area (Å²) in [7, 11) is 2.07. The summed E-state index contributed by atoms with van der Waals surface area (Å²) in [5.74, 6) is 0.000212. The highest BCUT2D eigenvalue weighted by Crippen LogP contribution is 2.23. The molecule has 120 valence electrons. The maximum atomic E-state index is 12.8. The molecular weight excluding hydrogens is 300 g/mol. The van der Waals surface area contributed by atoms with Crippen LogP contribution < -0.4 is 0 Å². The van der Waals surface area contributed by atoms with Crippen LogP contribution in [0.4, 0.5) is 0 Å². The minimum atomic E-state index is -0.307. The van der Waals surface area contributed by atoms with Gasteiger partial charge < -0.3 is 14.7 Å². The number of hydrogen-bond donors (Lipinski definition) is 0. The molecule has 0 aromatic carbocycles. The van der Waals surface area contributed by atoms with Crippen molar-refractivity contribution in [1.82, 2.24) is 19.7 Å². The average molecular weight is 322 g/mol. The molecule has 0 aliphatic carbocycles. The van der Waals surface area contributed by atoms with Gasteiger partial charge in [0, 0.05) is 38.1 Å². The molecule has 2 aliphatic rings. The molecular formula is C15H22N4O2S. The molecule has 1 aromatic heterocycles. The van der Waals surface area contributed by atoms with Gasteiger partial charge in [0.2, 0.25) is 5.91 Å². The van der Waals surface area contributed by atoms with E-state index in [0.717, 1.165) is 44.0 Å². The van der Waals surface area contributed by atoms with Gasteiger partial charge in [-0.05, 0) is 26.8 Å². The molecule has 2 amide bonds. The maximum absolute atomic E-state index is 12.8. The molecule has 0 spiro atoms. The lowest BCUT2D eigenvalue weighted by molar-refractivity contribution is -0.136. The zero-order valence-electron chi connectivity index (χ0n) is 13.1. The van der Waals surface area contributed by atoms with E-state index in [1.165, 1.54) is 11.3 Å². The van der Waals surface area contributed by atoms with Gasteiger partial charge in [0.1, 0.15) is 11.7 Å². The fourth-order valence-electron chi connectivity index (χ4n) is 3.11. The summed E-state index contributed by atoms with van der Waals surface area (Å²) in [5.41, 5.74) is 0.473. The van der Waals surface area contributed by atoms with E-state index in [1.807, 2.05) is 11.8 Å². The molecule has 3 heterocycles. The smallest absolute Gasteiger partial charge is 0.274 e. The minimum Gasteiger partial charge on any atom is -0.338 e. The number of hydrogen-bond acceptors (Lipinski definition) is 5. The molecule has 0 saturated carbocycles. The fraction of sp³-hybridized carbons (Fsp3) is 0.667. The highest BCUT2D eigenvalue weighted by Gasteiger charge is 2.38. The number of rotatable bonds is 2. The zero-order valence-corrected chi connectivity index (χ0v) is 13.9. The van der Waals surface area contributed by atoms with Gasteiger partial charge >= 0.3 is 0 Å². The molecule has 2 fully saturated rings. The third kappa shape index (κ3) is 3.01. The number of aromatic nitrogens is 1. The first kappa shape index (κ1) is 15.4. The van der Waals surface area contributed by atoms with Crippen LogP contribution in [0.3, 0.4) is 0 Å². The predicted molar refractivity (Wildman–Crippen MR) is 85.0 cm³/mol. The van der Waals surface area contributed by atoms with E-state index >= 15 is 0 Å². The molecule has 1 aromatic rings. The summed E-state index contributed by atoms with van der Waals surface area (Å²) in [6, 6.07) is -0.307. The molecule has 0 radical (unpaired) electrons. The van der Waals surface area contributed by atoms with Crippen molar-refractivity contribution >= 4 is 23.2 Å². The van der Waals surface area contributed by atoms with E-state index in [-0.39, 0.29) is 17.9 Å². The van der Waals surface area contributed by atoms with Crippen molar-refractivity contribution in [2.24, 2.45) is 0 Å². The quantitative estimate of drug-likeness (QED) is 0.809. The Morgan fingerprint density at radius 3 is 2.59 bits per heavy atom. The second-order valence-corrected chi connectivity index (χ2v) is 7.10. The molecule has 22 heavy (non-hydrogen) atoms. The summed E-state index contributed by atoms with van der Waals surface area (Å²) in [5, 5.41) is 2.66. The first-order valence-corrected chi connectivity index (χ1v) is 8.64. The summed E-state index contributed by atoms with van der Waals surface area (Å²) in [6.07, 6.45) is 1.65. The van der Waals surface area contributed by atoms with Gasteiger partial charge in [-0.25, -0.2) is 4.98 Å². The standard InChI is InChI=1S/C15H22N4O2S/c1-11-16-12(10-22-11)14(20)19-5-3-4-13(19)15(21)18-8-6-17(2)7-9-18/h10,13H,3-9H2,1-2H3. The lowest BCUT2D eigenvalue weighted by Gasteiger charge is -2.35. The van der Waals surface area contributed by atoms with E-state index in [0.29, 0.717) is 12.2 Å². The Balaban J connectivity index is 1.70. The van der Waals surface area contributed by atoms with Gasteiger partial charge in [-0.2, -0.15) is 0 Å². The van der Waals surface area contributed by atoms with Crippen LogP contribution in [0.5, 0.6) is 0 Å². The maximum Gasteiger partial charge on any atom is 0.274 e. The molecule has 1 unspecified atom stereocenters. The zero-order chi connectivity index (χ0) is 15.7. The number of piperazine rings is 1. The highest BCUT2D eigenvalue weighted by atomic mass is 32.1. The third-order valence-corrected chi connectivity index (χ3v) is 5.23. The molecule has 2 aliphatic heterocycles. The Hall–Kier alpha value is -1.47. The van der Waals surface area contributed by atoms with Crippen molar-refractivity contribution in [2.45, 2.75) is 25.8 Å².